The standard InChI is InChI=1S/C7H2F3NO2S/c8-5-1-4(3-11)7(6(9)2-5)14(10,12)13/h1-2H. The van der Waals surface area contributed by atoms with Gasteiger partial charge in [0.1, 0.15) is 17.7 Å². The van der Waals surface area contributed by atoms with E-state index < -0.39 is 32.3 Å². The minimum atomic E-state index is -5.36. The van der Waals surface area contributed by atoms with Crippen molar-refractivity contribution in [2.75, 3.05) is 0 Å². The van der Waals surface area contributed by atoms with E-state index in [1.165, 1.54) is 6.07 Å². The topological polar surface area (TPSA) is 57.9 Å². The van der Waals surface area contributed by atoms with Gasteiger partial charge in [-0.2, -0.15) is 13.7 Å². The molecule has 3 nitrogen and oxygen atoms in total. The molecule has 0 amide bonds. The van der Waals surface area contributed by atoms with E-state index in [9.17, 15) is 21.1 Å². The first kappa shape index (κ1) is 10.5. The molecule has 0 radical (unpaired) electrons. The highest BCUT2D eigenvalue weighted by atomic mass is 32.3. The van der Waals surface area contributed by atoms with Crippen LogP contribution in [0.5, 0.6) is 0 Å². The Labute approximate surface area is 77.6 Å². The molecule has 0 fully saturated rings. The Bertz CT molecular complexity index is 518. The zero-order valence-corrected chi connectivity index (χ0v) is 7.28. The van der Waals surface area contributed by atoms with Crippen LogP contribution in [0.2, 0.25) is 0 Å². The molecule has 7 heteroatoms. The number of benzene rings is 1. The summed E-state index contributed by atoms with van der Waals surface area (Å²) < 4.78 is 58.4. The van der Waals surface area contributed by atoms with Crippen molar-refractivity contribution in [3.8, 4) is 6.07 Å². The van der Waals surface area contributed by atoms with Crippen LogP contribution in [0.25, 0.3) is 0 Å². The minimum Gasteiger partial charge on any atom is -0.207 e. The fourth-order valence-electron chi connectivity index (χ4n) is 0.891. The smallest absolute Gasteiger partial charge is 0.207 e. The lowest BCUT2D eigenvalue weighted by molar-refractivity contribution is 0.525. The monoisotopic (exact) mass is 221 g/mol. The molecule has 0 saturated carbocycles. The first-order valence-corrected chi connectivity index (χ1v) is 4.58. The fourth-order valence-corrected chi connectivity index (χ4v) is 1.55. The summed E-state index contributed by atoms with van der Waals surface area (Å²) in [5, 5.41) is 8.32. The van der Waals surface area contributed by atoms with Crippen molar-refractivity contribution in [2.24, 2.45) is 0 Å². The fraction of sp³-hybridized carbons (Fsp3) is 0. The largest absolute Gasteiger partial charge is 0.336 e. The molecule has 0 spiro atoms. The van der Waals surface area contributed by atoms with Crippen molar-refractivity contribution in [1.82, 2.24) is 0 Å². The molecule has 0 heterocycles. The summed E-state index contributed by atoms with van der Waals surface area (Å²) in [7, 11) is -5.36. The third-order valence-corrected chi connectivity index (χ3v) is 2.28. The lowest BCUT2D eigenvalue weighted by Gasteiger charge is -1.99. The van der Waals surface area contributed by atoms with E-state index in [1.54, 1.807) is 0 Å². The van der Waals surface area contributed by atoms with Crippen molar-refractivity contribution in [1.29, 1.82) is 5.26 Å². The molecule has 0 bridgehead atoms. The number of hydrogen-bond acceptors (Lipinski definition) is 3. The highest BCUT2D eigenvalue weighted by Crippen LogP contribution is 2.22. The number of rotatable bonds is 1. The van der Waals surface area contributed by atoms with Crippen LogP contribution >= 0.6 is 0 Å². The summed E-state index contributed by atoms with van der Waals surface area (Å²) >= 11 is 0. The van der Waals surface area contributed by atoms with Gasteiger partial charge < -0.3 is 0 Å². The van der Waals surface area contributed by atoms with Gasteiger partial charge in [-0.15, -0.1) is 3.89 Å². The Hall–Kier alpha value is -1.55. The van der Waals surface area contributed by atoms with Gasteiger partial charge in [-0.3, -0.25) is 0 Å². The Morgan fingerprint density at radius 2 is 1.86 bits per heavy atom. The summed E-state index contributed by atoms with van der Waals surface area (Å²) in [4.78, 5) is -1.43. The number of nitrogens with zero attached hydrogens (tertiary/aromatic N) is 1. The zero-order chi connectivity index (χ0) is 10.9. The third-order valence-electron chi connectivity index (χ3n) is 1.37. The van der Waals surface area contributed by atoms with Crippen LogP contribution in [0, 0.1) is 23.0 Å². The van der Waals surface area contributed by atoms with E-state index in [1.807, 2.05) is 0 Å². The summed E-state index contributed by atoms with van der Waals surface area (Å²) in [5.74, 6) is -2.77. The number of hydrogen-bond donors (Lipinski definition) is 0. The van der Waals surface area contributed by atoms with Crippen LogP contribution in [-0.4, -0.2) is 8.42 Å². The average molecular weight is 221 g/mol. The molecular formula is C7H2F3NO2S. The van der Waals surface area contributed by atoms with Crippen LogP contribution in [0.1, 0.15) is 5.56 Å². The molecule has 1 rings (SSSR count). The van der Waals surface area contributed by atoms with E-state index in [4.69, 9.17) is 5.26 Å². The van der Waals surface area contributed by atoms with Crippen LogP contribution < -0.4 is 0 Å². The predicted octanol–water partition coefficient (Wildman–Crippen LogP) is 1.49. The lowest BCUT2D eigenvalue weighted by atomic mass is 10.2. The minimum absolute atomic E-state index is 0.188. The van der Waals surface area contributed by atoms with E-state index in [0.717, 1.165) is 0 Å². The van der Waals surface area contributed by atoms with Gasteiger partial charge in [-0.05, 0) is 6.07 Å². The third kappa shape index (κ3) is 1.85. The highest BCUT2D eigenvalue weighted by Gasteiger charge is 2.23. The van der Waals surface area contributed by atoms with Crippen LogP contribution in [0.3, 0.4) is 0 Å². The maximum Gasteiger partial charge on any atom is 0.336 e. The van der Waals surface area contributed by atoms with Gasteiger partial charge in [-0.25, -0.2) is 8.78 Å². The molecule has 1 aromatic rings. The molecule has 0 aliphatic heterocycles. The van der Waals surface area contributed by atoms with E-state index in [0.29, 0.717) is 6.07 Å². The summed E-state index contributed by atoms with van der Waals surface area (Å²) in [6, 6.07) is 1.81. The molecule has 0 aromatic heterocycles. The Morgan fingerprint density at radius 1 is 1.29 bits per heavy atom. The molecular weight excluding hydrogens is 219 g/mol. The summed E-state index contributed by atoms with van der Waals surface area (Å²) in [5.41, 5.74) is -0.898. The van der Waals surface area contributed by atoms with Crippen LogP contribution in [0.15, 0.2) is 17.0 Å². The Kier molecular flexibility index (Phi) is 2.49. The van der Waals surface area contributed by atoms with Crippen LogP contribution in [-0.2, 0) is 10.2 Å². The number of nitriles is 1. The van der Waals surface area contributed by atoms with Gasteiger partial charge >= 0.3 is 10.2 Å². The molecule has 0 unspecified atom stereocenters. The molecule has 0 saturated heterocycles. The predicted molar refractivity (Wildman–Crippen MR) is 39.4 cm³/mol. The van der Waals surface area contributed by atoms with E-state index >= 15 is 0 Å². The van der Waals surface area contributed by atoms with Crippen molar-refractivity contribution in [2.45, 2.75) is 4.90 Å². The lowest BCUT2D eigenvalue weighted by Crippen LogP contribution is -2.01. The first-order chi connectivity index (χ1) is 6.36. The zero-order valence-electron chi connectivity index (χ0n) is 6.46. The van der Waals surface area contributed by atoms with E-state index in [-0.39, 0.29) is 6.07 Å². The normalized spacial score (nSPS) is 11.0. The molecule has 0 N–H and O–H groups in total. The number of halogens is 3. The van der Waals surface area contributed by atoms with Gasteiger partial charge in [0.05, 0.1) is 5.56 Å². The van der Waals surface area contributed by atoms with Crippen molar-refractivity contribution in [3.63, 3.8) is 0 Å². The van der Waals surface area contributed by atoms with Crippen molar-refractivity contribution in [3.05, 3.63) is 29.3 Å². The van der Waals surface area contributed by atoms with Crippen molar-refractivity contribution >= 4 is 10.2 Å². The van der Waals surface area contributed by atoms with Gasteiger partial charge in [-0.1, -0.05) is 0 Å². The molecule has 14 heavy (non-hydrogen) atoms. The van der Waals surface area contributed by atoms with Crippen LogP contribution in [0.4, 0.5) is 12.7 Å². The molecule has 1 aromatic carbocycles. The second-order valence-corrected chi connectivity index (χ2v) is 3.60. The summed E-state index contributed by atoms with van der Waals surface area (Å²) in [6.45, 7) is 0. The van der Waals surface area contributed by atoms with Gasteiger partial charge in [0.25, 0.3) is 0 Å². The van der Waals surface area contributed by atoms with Gasteiger partial charge in [0, 0.05) is 6.07 Å². The maximum absolute atomic E-state index is 12.8. The highest BCUT2D eigenvalue weighted by molar-refractivity contribution is 7.86. The SMILES string of the molecule is N#Cc1cc(F)cc(F)c1S(=O)(=O)F. The second kappa shape index (κ2) is 3.31. The summed E-state index contributed by atoms with van der Waals surface area (Å²) in [6.07, 6.45) is 0. The quantitative estimate of drug-likeness (QED) is 0.675. The Morgan fingerprint density at radius 3 is 2.29 bits per heavy atom. The first-order valence-electron chi connectivity index (χ1n) is 3.20. The van der Waals surface area contributed by atoms with Gasteiger partial charge in [0.15, 0.2) is 4.90 Å². The molecule has 74 valence electrons. The second-order valence-electron chi connectivity index (χ2n) is 2.31. The van der Waals surface area contributed by atoms with E-state index in [2.05, 4.69) is 0 Å². The molecule has 0 atom stereocenters. The van der Waals surface area contributed by atoms with Crippen molar-refractivity contribution < 1.29 is 21.1 Å². The molecule has 0 aliphatic carbocycles. The van der Waals surface area contributed by atoms with Gasteiger partial charge in [0.2, 0.25) is 0 Å². The maximum atomic E-state index is 12.8. The molecule has 0 aliphatic rings. The average Bonchev–Trinajstić information content (AvgIpc) is 1.99. The Balaban J connectivity index is 3.68.